The lowest BCUT2D eigenvalue weighted by Crippen LogP contribution is -2.39. The van der Waals surface area contributed by atoms with Crippen LogP contribution in [0.4, 0.5) is 13.9 Å². The zero-order valence-electron chi connectivity index (χ0n) is 15.5. The predicted molar refractivity (Wildman–Crippen MR) is 122 cm³/mol. The number of thiazole rings is 1. The molecule has 0 bridgehead atoms. The van der Waals surface area contributed by atoms with Crippen LogP contribution in [0, 0.1) is 11.6 Å². The monoisotopic (exact) mass is 576 g/mol. The van der Waals surface area contributed by atoms with Gasteiger partial charge in [0.25, 0.3) is 0 Å². The third-order valence-corrected chi connectivity index (χ3v) is 9.89. The van der Waals surface area contributed by atoms with Crippen LogP contribution in [0.1, 0.15) is 12.8 Å². The Morgan fingerprint density at radius 1 is 1.10 bits per heavy atom. The van der Waals surface area contributed by atoms with Gasteiger partial charge in [0.1, 0.15) is 10.7 Å². The summed E-state index contributed by atoms with van der Waals surface area (Å²) in [6, 6.07) is 10.7. The highest BCUT2D eigenvalue weighted by Gasteiger charge is 2.36. The van der Waals surface area contributed by atoms with Gasteiger partial charge in [-0.1, -0.05) is 30.3 Å². The molecule has 10 heteroatoms. The Bertz CT molecular complexity index is 1150. The standard InChI is InChI=1S/C20H16Br2F2N2O2S2/c21-14-10-15(23)17(22)19(18(14)24)30(27,28)13-6-8-26(9-7-13)20-25-16(11-29-20)12-4-2-1-3-5-12/h1-5,10-11,13H,6-9H2. The van der Waals surface area contributed by atoms with E-state index in [0.29, 0.717) is 25.9 Å². The normalized spacial score (nSPS) is 15.5. The number of halogens is 4. The average molecular weight is 578 g/mol. The molecule has 4 nitrogen and oxygen atoms in total. The van der Waals surface area contributed by atoms with Gasteiger partial charge in [-0.25, -0.2) is 22.2 Å². The molecule has 30 heavy (non-hydrogen) atoms. The quantitative estimate of drug-likeness (QED) is 0.354. The van der Waals surface area contributed by atoms with Gasteiger partial charge in [0, 0.05) is 24.0 Å². The highest BCUT2D eigenvalue weighted by molar-refractivity contribution is 9.11. The molecule has 0 saturated carbocycles. The van der Waals surface area contributed by atoms with Gasteiger partial charge in [0.05, 0.1) is 19.9 Å². The van der Waals surface area contributed by atoms with Crippen molar-refractivity contribution in [3.63, 3.8) is 0 Å². The average Bonchev–Trinajstić information content (AvgIpc) is 3.23. The summed E-state index contributed by atoms with van der Waals surface area (Å²) >= 11 is 7.31. The van der Waals surface area contributed by atoms with Gasteiger partial charge in [0.2, 0.25) is 0 Å². The number of rotatable bonds is 4. The second kappa shape index (κ2) is 8.64. The number of hydrogen-bond acceptors (Lipinski definition) is 5. The molecule has 3 aromatic rings. The minimum Gasteiger partial charge on any atom is -0.348 e. The van der Waals surface area contributed by atoms with Crippen LogP contribution in [-0.4, -0.2) is 31.7 Å². The summed E-state index contributed by atoms with van der Waals surface area (Å²) in [6.07, 6.45) is 0.616. The summed E-state index contributed by atoms with van der Waals surface area (Å²) < 4.78 is 54.2. The Labute approximate surface area is 194 Å². The van der Waals surface area contributed by atoms with E-state index in [9.17, 15) is 17.2 Å². The maximum absolute atomic E-state index is 14.6. The fourth-order valence-electron chi connectivity index (χ4n) is 3.48. The topological polar surface area (TPSA) is 50.3 Å². The van der Waals surface area contributed by atoms with Crippen molar-refractivity contribution in [2.45, 2.75) is 23.0 Å². The molecule has 0 radical (unpaired) electrons. The first kappa shape index (κ1) is 21.9. The second-order valence-corrected chi connectivity index (χ2v) is 11.6. The molecule has 158 valence electrons. The van der Waals surface area contributed by atoms with E-state index >= 15 is 0 Å². The molecule has 1 aromatic heterocycles. The third-order valence-electron chi connectivity index (χ3n) is 5.07. The maximum atomic E-state index is 14.6. The molecule has 1 aliphatic heterocycles. The largest absolute Gasteiger partial charge is 0.348 e. The number of sulfone groups is 1. The molecule has 0 amide bonds. The molecule has 0 aliphatic carbocycles. The van der Waals surface area contributed by atoms with Crippen molar-refractivity contribution < 1.29 is 17.2 Å². The molecule has 2 aromatic carbocycles. The molecule has 1 fully saturated rings. The number of aromatic nitrogens is 1. The predicted octanol–water partition coefficient (Wildman–Crippen LogP) is 6.06. The molecule has 2 heterocycles. The van der Waals surface area contributed by atoms with Gasteiger partial charge in [-0.05, 0) is 50.8 Å². The van der Waals surface area contributed by atoms with Crippen molar-refractivity contribution in [1.82, 2.24) is 4.98 Å². The van der Waals surface area contributed by atoms with Gasteiger partial charge < -0.3 is 4.90 Å². The lowest BCUT2D eigenvalue weighted by molar-refractivity contribution is 0.512. The second-order valence-electron chi connectivity index (χ2n) is 6.91. The first-order valence-corrected chi connectivity index (χ1v) is 13.1. The van der Waals surface area contributed by atoms with Crippen molar-refractivity contribution in [1.29, 1.82) is 0 Å². The van der Waals surface area contributed by atoms with E-state index in [1.54, 1.807) is 0 Å². The number of nitrogens with zero attached hydrogens (tertiary/aromatic N) is 2. The van der Waals surface area contributed by atoms with E-state index in [2.05, 4.69) is 36.8 Å². The molecule has 1 aliphatic rings. The van der Waals surface area contributed by atoms with Crippen LogP contribution in [0.25, 0.3) is 11.3 Å². The van der Waals surface area contributed by atoms with Gasteiger partial charge in [-0.3, -0.25) is 0 Å². The zero-order valence-corrected chi connectivity index (χ0v) is 20.3. The van der Waals surface area contributed by atoms with Gasteiger partial charge in [-0.15, -0.1) is 11.3 Å². The molecule has 0 N–H and O–H groups in total. The number of anilines is 1. The van der Waals surface area contributed by atoms with Crippen LogP contribution in [0.15, 0.2) is 55.6 Å². The van der Waals surface area contributed by atoms with Crippen LogP contribution in [0.2, 0.25) is 0 Å². The van der Waals surface area contributed by atoms with Gasteiger partial charge in [-0.2, -0.15) is 0 Å². The Morgan fingerprint density at radius 2 is 1.77 bits per heavy atom. The van der Waals surface area contributed by atoms with E-state index in [1.165, 1.54) is 11.3 Å². The minimum atomic E-state index is -4.05. The van der Waals surface area contributed by atoms with Crippen LogP contribution < -0.4 is 4.90 Å². The molecule has 4 rings (SSSR count). The summed E-state index contributed by atoms with van der Waals surface area (Å²) in [5.74, 6) is -1.80. The van der Waals surface area contributed by atoms with Crippen molar-refractivity contribution in [2.75, 3.05) is 18.0 Å². The van der Waals surface area contributed by atoms with E-state index in [4.69, 9.17) is 0 Å². The number of benzene rings is 2. The highest BCUT2D eigenvalue weighted by atomic mass is 79.9. The molecule has 0 unspecified atom stereocenters. The number of piperidine rings is 1. The number of hydrogen-bond donors (Lipinski definition) is 0. The first-order chi connectivity index (χ1) is 14.3. The smallest absolute Gasteiger partial charge is 0.185 e. The Balaban J connectivity index is 1.52. The summed E-state index contributed by atoms with van der Waals surface area (Å²) in [5, 5.41) is 2.01. The fraction of sp³-hybridized carbons (Fsp3) is 0.250. The van der Waals surface area contributed by atoms with E-state index in [-0.39, 0.29) is 8.95 Å². The van der Waals surface area contributed by atoms with Crippen LogP contribution in [0.3, 0.4) is 0 Å². The lowest BCUT2D eigenvalue weighted by Gasteiger charge is -2.31. The highest BCUT2D eigenvalue weighted by Crippen LogP contribution is 2.37. The van der Waals surface area contributed by atoms with Crippen molar-refractivity contribution >= 4 is 58.2 Å². The van der Waals surface area contributed by atoms with Gasteiger partial charge in [0.15, 0.2) is 20.8 Å². The first-order valence-electron chi connectivity index (χ1n) is 9.12. The van der Waals surface area contributed by atoms with Crippen LogP contribution in [-0.2, 0) is 9.84 Å². The van der Waals surface area contributed by atoms with Crippen LogP contribution in [0.5, 0.6) is 0 Å². The molecule has 0 atom stereocenters. The van der Waals surface area contributed by atoms with E-state index < -0.39 is 31.6 Å². The Morgan fingerprint density at radius 3 is 2.43 bits per heavy atom. The SMILES string of the molecule is O=S(=O)(c1c(F)c(Br)cc(F)c1Br)C1CCN(c2nc(-c3ccccc3)cs2)CC1. The van der Waals surface area contributed by atoms with Crippen LogP contribution >= 0.6 is 43.2 Å². The summed E-state index contributed by atoms with van der Waals surface area (Å²) in [5.41, 5.74) is 1.90. The third kappa shape index (κ3) is 4.06. The van der Waals surface area contributed by atoms with Gasteiger partial charge >= 0.3 is 0 Å². The molecular formula is C20H16Br2F2N2O2S2. The molecule has 1 saturated heterocycles. The van der Waals surface area contributed by atoms with E-state index in [0.717, 1.165) is 22.5 Å². The van der Waals surface area contributed by atoms with Crippen molar-refractivity contribution in [3.8, 4) is 11.3 Å². The Kier molecular flexibility index (Phi) is 6.30. The minimum absolute atomic E-state index is 0.213. The lowest BCUT2D eigenvalue weighted by atomic mass is 10.1. The summed E-state index contributed by atoms with van der Waals surface area (Å²) in [6.45, 7) is 0.947. The molecule has 0 spiro atoms. The Hall–Kier alpha value is -1.36. The summed E-state index contributed by atoms with van der Waals surface area (Å²) in [4.78, 5) is 6.09. The maximum Gasteiger partial charge on any atom is 0.185 e. The van der Waals surface area contributed by atoms with Crippen molar-refractivity contribution in [2.24, 2.45) is 0 Å². The summed E-state index contributed by atoms with van der Waals surface area (Å²) in [7, 11) is -4.05. The molecular weight excluding hydrogens is 562 g/mol. The van der Waals surface area contributed by atoms with E-state index in [1.807, 2.05) is 40.6 Å². The fourth-order valence-corrected chi connectivity index (χ4v) is 7.73. The zero-order chi connectivity index (χ0) is 21.5. The van der Waals surface area contributed by atoms with Crippen molar-refractivity contribution in [3.05, 3.63) is 62.4 Å².